The van der Waals surface area contributed by atoms with Gasteiger partial charge in [0.1, 0.15) is 60.7 Å². The Morgan fingerprint density at radius 2 is 1.23 bits per heavy atom. The smallest absolute Gasteiger partial charge is 0.233 e. The molecule has 0 fully saturated rings. The molecular weight excluding hydrogens is 623 g/mol. The Hall–Kier alpha value is -4.79. The summed E-state index contributed by atoms with van der Waals surface area (Å²) < 4.78 is 5.61. The van der Waals surface area contributed by atoms with Crippen LogP contribution in [0.3, 0.4) is 0 Å². The molecule has 2 aromatic carbocycles. The molecule has 0 aliphatic carbocycles. The highest BCUT2D eigenvalue weighted by atomic mass is 35.5. The van der Waals surface area contributed by atoms with Crippen LogP contribution in [-0.2, 0) is 9.68 Å². The summed E-state index contributed by atoms with van der Waals surface area (Å²) in [5.74, 6) is 1.33. The van der Waals surface area contributed by atoms with Crippen molar-refractivity contribution in [1.29, 1.82) is 0 Å². The van der Waals surface area contributed by atoms with Gasteiger partial charge in [-0.2, -0.15) is 0 Å². The summed E-state index contributed by atoms with van der Waals surface area (Å²) in [5, 5.41) is 16.9. The fraction of sp³-hybridized carbons (Fsp3) is 0.154. The normalized spacial score (nSPS) is 9.88. The average Bonchev–Trinajstić information content (AvgIpc) is 2.93. The quantitative estimate of drug-likeness (QED) is 0.0557. The number of hydrogen-bond acceptors (Lipinski definition) is 14. The lowest BCUT2D eigenvalue weighted by atomic mass is 10.3. The predicted molar refractivity (Wildman–Crippen MR) is 174 cm³/mol. The maximum atomic E-state index is 8.80. The zero-order valence-electron chi connectivity index (χ0n) is 21.6. The second-order valence-electron chi connectivity index (χ2n) is 7.27. The number of aromatic hydroxyl groups is 1. The van der Waals surface area contributed by atoms with Gasteiger partial charge in [0.25, 0.3) is 0 Å². The summed E-state index contributed by atoms with van der Waals surface area (Å²) in [6.07, 6.45) is 5.29. The van der Waals surface area contributed by atoms with Crippen LogP contribution in [0.2, 0.25) is 15.2 Å². The Kier molecular flexibility index (Phi) is 17.2. The summed E-state index contributed by atoms with van der Waals surface area (Å²) in [6.45, 7) is 0. The molecule has 9 N–H and O–H groups in total. The zero-order chi connectivity index (χ0) is 30.4. The number of anilines is 4. The molecule has 0 aliphatic heterocycles. The molecule has 0 spiro atoms. The number of halogens is 3. The number of aromatic nitrogens is 4. The van der Waals surface area contributed by atoms with Crippen molar-refractivity contribution >= 4 is 70.2 Å². The fourth-order valence-electron chi connectivity index (χ4n) is 2.51. The van der Waals surface area contributed by atoms with Crippen molar-refractivity contribution < 1.29 is 19.5 Å². The first kappa shape index (κ1) is 38.2. The number of hydrogen-bond donors (Lipinski definition) is 5. The molecule has 0 unspecified atom stereocenters. The first-order valence-corrected chi connectivity index (χ1v) is 12.2. The Labute approximate surface area is 264 Å². The van der Waals surface area contributed by atoms with E-state index in [2.05, 4.69) is 39.9 Å². The molecule has 4 aromatic rings. The van der Waals surface area contributed by atoms with Crippen LogP contribution in [0.4, 0.5) is 23.0 Å². The lowest BCUT2D eigenvalue weighted by Crippen LogP contribution is -2.02. The van der Waals surface area contributed by atoms with E-state index in [4.69, 9.17) is 67.6 Å². The summed E-state index contributed by atoms with van der Waals surface area (Å²) in [7, 11) is 2.83. The van der Waals surface area contributed by atoms with Crippen molar-refractivity contribution in [3.05, 3.63) is 75.4 Å². The number of oxime groups is 2. The molecule has 0 radical (unpaired) electrons. The molecule has 0 saturated heterocycles. The van der Waals surface area contributed by atoms with Crippen LogP contribution in [0.5, 0.6) is 17.4 Å². The summed E-state index contributed by atoms with van der Waals surface area (Å²) >= 11 is 17.1. The van der Waals surface area contributed by atoms with Crippen LogP contribution in [0, 0.1) is 0 Å². The number of rotatable bonds is 6. The van der Waals surface area contributed by atoms with Gasteiger partial charge in [-0.25, -0.2) is 19.9 Å². The highest BCUT2D eigenvalue weighted by Crippen LogP contribution is 2.29. The van der Waals surface area contributed by atoms with Crippen molar-refractivity contribution in [2.75, 3.05) is 37.2 Å². The summed E-state index contributed by atoms with van der Waals surface area (Å²) in [4.78, 5) is 24.4. The van der Waals surface area contributed by atoms with Gasteiger partial charge >= 0.3 is 0 Å². The second kappa shape index (κ2) is 19.4. The minimum Gasteiger partial charge on any atom is -0.508 e. The third kappa shape index (κ3) is 12.3. The SMILES string of the molecule is C.C.CO/N=C/c1c(N)ncnc1Cl.CO/N=C/c1c(N)ncnc1Oc1ccc(N)c(Cl)c1.Nc1ccc(O)cc1Cl. The van der Waals surface area contributed by atoms with Crippen molar-refractivity contribution in [3.63, 3.8) is 0 Å². The Bertz CT molecular complexity index is 1490. The topological polar surface area (TPSA) is 228 Å². The number of nitrogens with two attached hydrogens (primary N) is 4. The Morgan fingerprint density at radius 1 is 0.721 bits per heavy atom. The van der Waals surface area contributed by atoms with E-state index in [1.165, 1.54) is 51.4 Å². The molecule has 0 atom stereocenters. The molecule has 0 aliphatic rings. The van der Waals surface area contributed by atoms with Crippen LogP contribution >= 0.6 is 34.8 Å². The maximum absolute atomic E-state index is 8.80. The zero-order valence-corrected chi connectivity index (χ0v) is 23.8. The number of benzene rings is 2. The first-order chi connectivity index (χ1) is 19.6. The van der Waals surface area contributed by atoms with Gasteiger partial charge in [0.2, 0.25) is 5.88 Å². The molecule has 17 heteroatoms. The molecule has 0 saturated carbocycles. The molecule has 0 amide bonds. The van der Waals surface area contributed by atoms with Gasteiger partial charge in [0.15, 0.2) is 0 Å². The standard InChI is InChI=1S/C12H12ClN5O2.C6H7ClN4O.C6H6ClNO.2CH4/c1-19-18-5-8-11(15)16-6-17-12(8)20-7-2-3-10(14)9(13)4-7;1-12-11-2-4-5(7)9-3-10-6(4)8;7-5-3-4(9)1-2-6(5)8;;/h2-6H,14H2,1H3,(H2,15,16,17);2-3H,1H3,(H2,8,9,10);1-3,9H,8H2;2*1H4/b18-5+;11-2+;;;. The van der Waals surface area contributed by atoms with Gasteiger partial charge < -0.3 is 42.5 Å². The van der Waals surface area contributed by atoms with Gasteiger partial charge in [0.05, 0.1) is 39.4 Å². The minimum atomic E-state index is 0. The number of nitrogen functional groups attached to an aromatic ring is 4. The van der Waals surface area contributed by atoms with E-state index in [1.807, 2.05) is 0 Å². The largest absolute Gasteiger partial charge is 0.508 e. The maximum Gasteiger partial charge on any atom is 0.233 e. The number of nitrogens with zero attached hydrogens (tertiary/aromatic N) is 6. The molecule has 43 heavy (non-hydrogen) atoms. The van der Waals surface area contributed by atoms with Gasteiger partial charge in [0, 0.05) is 12.1 Å². The lowest BCUT2D eigenvalue weighted by molar-refractivity contribution is 0.215. The highest BCUT2D eigenvalue weighted by Gasteiger charge is 2.11. The second-order valence-corrected chi connectivity index (χ2v) is 8.44. The van der Waals surface area contributed by atoms with Gasteiger partial charge in [-0.3, -0.25) is 0 Å². The van der Waals surface area contributed by atoms with Crippen LogP contribution in [-0.4, -0.2) is 51.7 Å². The minimum absolute atomic E-state index is 0. The van der Waals surface area contributed by atoms with E-state index in [-0.39, 0.29) is 43.3 Å². The molecule has 4 rings (SSSR count). The molecule has 2 aromatic heterocycles. The third-order valence-electron chi connectivity index (χ3n) is 4.49. The van der Waals surface area contributed by atoms with Crippen molar-refractivity contribution in [2.24, 2.45) is 10.3 Å². The van der Waals surface area contributed by atoms with Crippen LogP contribution in [0.1, 0.15) is 26.0 Å². The van der Waals surface area contributed by atoms with Crippen LogP contribution < -0.4 is 27.7 Å². The van der Waals surface area contributed by atoms with E-state index >= 15 is 0 Å². The Morgan fingerprint density at radius 3 is 1.74 bits per heavy atom. The fourth-order valence-corrected chi connectivity index (χ4v) is 3.05. The van der Waals surface area contributed by atoms with E-state index in [0.717, 1.165) is 0 Å². The van der Waals surface area contributed by atoms with Crippen molar-refractivity contribution in [3.8, 4) is 17.4 Å². The first-order valence-electron chi connectivity index (χ1n) is 11.0. The van der Waals surface area contributed by atoms with Crippen LogP contribution in [0.25, 0.3) is 0 Å². The number of phenolic OH excluding ortho intramolecular Hbond substituents is 1. The molecule has 232 valence electrons. The molecular formula is C26H33Cl3N10O4. The lowest BCUT2D eigenvalue weighted by Gasteiger charge is -2.09. The average molecular weight is 656 g/mol. The monoisotopic (exact) mass is 654 g/mol. The number of phenols is 1. The number of ether oxygens (including phenoxy) is 1. The molecule has 0 bridgehead atoms. The van der Waals surface area contributed by atoms with Gasteiger partial charge in [-0.05, 0) is 24.3 Å². The summed E-state index contributed by atoms with van der Waals surface area (Å²) in [5.41, 5.74) is 24.0. The van der Waals surface area contributed by atoms with E-state index < -0.39 is 0 Å². The van der Waals surface area contributed by atoms with Gasteiger partial charge in [-0.15, -0.1) is 0 Å². The van der Waals surface area contributed by atoms with E-state index in [9.17, 15) is 0 Å². The van der Waals surface area contributed by atoms with E-state index in [1.54, 1.807) is 24.3 Å². The van der Waals surface area contributed by atoms with E-state index in [0.29, 0.717) is 38.3 Å². The van der Waals surface area contributed by atoms with Crippen LogP contribution in [0.15, 0.2) is 59.4 Å². The molecule has 14 nitrogen and oxygen atoms in total. The van der Waals surface area contributed by atoms with Gasteiger partial charge in [-0.1, -0.05) is 60.0 Å². The predicted octanol–water partition coefficient (Wildman–Crippen LogP) is 5.66. The Balaban J connectivity index is 0.000000657. The van der Waals surface area contributed by atoms with Crippen molar-refractivity contribution in [1.82, 2.24) is 19.9 Å². The van der Waals surface area contributed by atoms with Crippen molar-refractivity contribution in [2.45, 2.75) is 14.9 Å². The summed E-state index contributed by atoms with van der Waals surface area (Å²) in [6, 6.07) is 9.31. The molecule has 2 heterocycles. The third-order valence-corrected chi connectivity index (χ3v) is 5.45. The highest BCUT2D eigenvalue weighted by molar-refractivity contribution is 6.33.